The molecule has 7 heteroatoms. The molecule has 0 spiro atoms. The first kappa shape index (κ1) is 15.2. The molecule has 4 nitrogen and oxygen atoms in total. The van der Waals surface area contributed by atoms with Gasteiger partial charge in [-0.1, -0.05) is 6.07 Å². The Morgan fingerprint density at radius 3 is 2.61 bits per heavy atom. The van der Waals surface area contributed by atoms with E-state index in [4.69, 9.17) is 5.11 Å². The Hall–Kier alpha value is -2.70. The molecule has 0 bridgehead atoms. The number of benzene rings is 2. The molecule has 0 fully saturated rings. The molecule has 23 heavy (non-hydrogen) atoms. The molecule has 1 heterocycles. The standard InChI is InChI=1S/C16H13F3N2O2/c1-9-20-13-8-11(16(17,18)19)5-6-14(13)21(9)12-4-2-3-10(7-12)15(22)23/h2-9,20H,1H3,(H,22,23). The number of aromatic carboxylic acids is 1. The van der Waals surface area contributed by atoms with Gasteiger partial charge in [0.05, 0.1) is 22.5 Å². The number of carboxylic acid groups (broad SMARTS) is 1. The van der Waals surface area contributed by atoms with Gasteiger partial charge in [0, 0.05) is 5.69 Å². The average Bonchev–Trinajstić information content (AvgIpc) is 2.81. The number of nitrogens with one attached hydrogen (secondary N) is 1. The monoisotopic (exact) mass is 322 g/mol. The maximum absolute atomic E-state index is 12.8. The summed E-state index contributed by atoms with van der Waals surface area (Å²) in [7, 11) is 0. The van der Waals surface area contributed by atoms with Crippen molar-refractivity contribution < 1.29 is 23.1 Å². The summed E-state index contributed by atoms with van der Waals surface area (Å²) in [6, 6.07) is 9.76. The van der Waals surface area contributed by atoms with E-state index >= 15 is 0 Å². The van der Waals surface area contributed by atoms with Gasteiger partial charge in [0.25, 0.3) is 0 Å². The molecule has 120 valence electrons. The van der Waals surface area contributed by atoms with Gasteiger partial charge in [-0.15, -0.1) is 0 Å². The van der Waals surface area contributed by atoms with E-state index in [0.29, 0.717) is 17.1 Å². The van der Waals surface area contributed by atoms with Crippen molar-refractivity contribution in [1.82, 2.24) is 0 Å². The zero-order chi connectivity index (χ0) is 16.8. The number of carboxylic acids is 1. The summed E-state index contributed by atoms with van der Waals surface area (Å²) < 4.78 is 38.4. The lowest BCUT2D eigenvalue weighted by Gasteiger charge is -2.24. The van der Waals surface area contributed by atoms with Crippen LogP contribution in [-0.4, -0.2) is 17.2 Å². The molecular weight excluding hydrogens is 309 g/mol. The van der Waals surface area contributed by atoms with Gasteiger partial charge in [-0.05, 0) is 43.3 Å². The van der Waals surface area contributed by atoms with E-state index in [-0.39, 0.29) is 11.7 Å². The van der Waals surface area contributed by atoms with Crippen LogP contribution in [0.2, 0.25) is 0 Å². The number of carbonyl (C=O) groups is 1. The van der Waals surface area contributed by atoms with Crippen molar-refractivity contribution in [2.24, 2.45) is 0 Å². The topological polar surface area (TPSA) is 52.6 Å². The van der Waals surface area contributed by atoms with Crippen molar-refractivity contribution in [2.75, 3.05) is 10.2 Å². The second-order valence-corrected chi connectivity index (χ2v) is 5.28. The molecule has 3 rings (SSSR count). The molecule has 1 unspecified atom stereocenters. The minimum Gasteiger partial charge on any atom is -0.478 e. The van der Waals surface area contributed by atoms with Gasteiger partial charge in [0.2, 0.25) is 0 Å². The first-order chi connectivity index (χ1) is 10.8. The number of anilines is 3. The van der Waals surface area contributed by atoms with Gasteiger partial charge in [0.1, 0.15) is 6.17 Å². The molecule has 0 aliphatic carbocycles. The molecular formula is C16H13F3N2O2. The Morgan fingerprint density at radius 2 is 1.96 bits per heavy atom. The third kappa shape index (κ3) is 2.69. The molecule has 0 aromatic heterocycles. The Morgan fingerprint density at radius 1 is 1.22 bits per heavy atom. The first-order valence-corrected chi connectivity index (χ1v) is 6.88. The minimum atomic E-state index is -4.41. The average molecular weight is 322 g/mol. The summed E-state index contributed by atoms with van der Waals surface area (Å²) >= 11 is 0. The quantitative estimate of drug-likeness (QED) is 0.865. The van der Waals surface area contributed by atoms with E-state index in [2.05, 4.69) is 5.32 Å². The summed E-state index contributed by atoms with van der Waals surface area (Å²) in [5, 5.41) is 12.1. The molecule has 1 aliphatic rings. The third-order valence-corrected chi connectivity index (χ3v) is 3.71. The normalized spacial score (nSPS) is 16.9. The van der Waals surface area contributed by atoms with Gasteiger partial charge in [0.15, 0.2) is 0 Å². The second kappa shape index (κ2) is 5.19. The van der Waals surface area contributed by atoms with E-state index in [1.54, 1.807) is 24.0 Å². The molecule has 0 radical (unpaired) electrons. The predicted octanol–water partition coefficient (Wildman–Crippen LogP) is 4.31. The molecule has 0 saturated carbocycles. The Kier molecular flexibility index (Phi) is 3.43. The van der Waals surface area contributed by atoms with Crippen LogP contribution in [-0.2, 0) is 6.18 Å². The van der Waals surface area contributed by atoms with E-state index in [1.807, 2.05) is 0 Å². The van der Waals surface area contributed by atoms with Crippen molar-refractivity contribution in [3.63, 3.8) is 0 Å². The fraction of sp³-hybridized carbons (Fsp3) is 0.188. The van der Waals surface area contributed by atoms with Crippen molar-refractivity contribution in [3.8, 4) is 0 Å². The molecule has 0 saturated heterocycles. The van der Waals surface area contributed by atoms with Crippen molar-refractivity contribution >= 4 is 23.0 Å². The first-order valence-electron chi connectivity index (χ1n) is 6.88. The number of hydrogen-bond acceptors (Lipinski definition) is 3. The summed E-state index contributed by atoms with van der Waals surface area (Å²) in [6.45, 7) is 1.79. The molecule has 2 aromatic rings. The molecule has 0 amide bonds. The van der Waals surface area contributed by atoms with Crippen LogP contribution in [0, 0.1) is 0 Å². The summed E-state index contributed by atoms with van der Waals surface area (Å²) in [5.41, 5.74) is 0.941. The summed E-state index contributed by atoms with van der Waals surface area (Å²) in [4.78, 5) is 12.9. The Bertz CT molecular complexity index is 774. The van der Waals surface area contributed by atoms with Crippen LogP contribution in [0.5, 0.6) is 0 Å². The lowest BCUT2D eigenvalue weighted by Crippen LogP contribution is -2.28. The number of hydrogen-bond donors (Lipinski definition) is 2. The van der Waals surface area contributed by atoms with Crippen molar-refractivity contribution in [3.05, 3.63) is 53.6 Å². The fourth-order valence-corrected chi connectivity index (χ4v) is 2.69. The van der Waals surface area contributed by atoms with Gasteiger partial charge in [-0.2, -0.15) is 13.2 Å². The van der Waals surface area contributed by atoms with Crippen LogP contribution in [0.25, 0.3) is 0 Å². The highest BCUT2D eigenvalue weighted by Gasteiger charge is 2.34. The Balaban J connectivity index is 2.04. The van der Waals surface area contributed by atoms with Crippen LogP contribution in [0.1, 0.15) is 22.8 Å². The number of halogens is 3. The highest BCUT2D eigenvalue weighted by atomic mass is 19.4. The number of nitrogens with zero attached hydrogens (tertiary/aromatic N) is 1. The van der Waals surface area contributed by atoms with Crippen LogP contribution < -0.4 is 10.2 Å². The number of alkyl halides is 3. The predicted molar refractivity (Wildman–Crippen MR) is 80.1 cm³/mol. The zero-order valence-corrected chi connectivity index (χ0v) is 12.1. The maximum Gasteiger partial charge on any atom is 0.416 e. The SMILES string of the molecule is CC1Nc2cc(C(F)(F)F)ccc2N1c1cccc(C(=O)O)c1. The van der Waals surface area contributed by atoms with Crippen LogP contribution >= 0.6 is 0 Å². The Labute approximate surface area is 130 Å². The van der Waals surface area contributed by atoms with Gasteiger partial charge < -0.3 is 15.3 Å². The largest absolute Gasteiger partial charge is 0.478 e. The van der Waals surface area contributed by atoms with E-state index in [0.717, 1.165) is 12.1 Å². The second-order valence-electron chi connectivity index (χ2n) is 5.28. The maximum atomic E-state index is 12.8. The highest BCUT2D eigenvalue weighted by Crippen LogP contribution is 2.43. The third-order valence-electron chi connectivity index (χ3n) is 3.71. The fourth-order valence-electron chi connectivity index (χ4n) is 2.69. The van der Waals surface area contributed by atoms with Crippen LogP contribution in [0.15, 0.2) is 42.5 Å². The van der Waals surface area contributed by atoms with Crippen molar-refractivity contribution in [2.45, 2.75) is 19.3 Å². The summed E-state index contributed by atoms with van der Waals surface area (Å²) in [5.74, 6) is -1.06. The van der Waals surface area contributed by atoms with Crippen LogP contribution in [0.4, 0.5) is 30.2 Å². The van der Waals surface area contributed by atoms with Gasteiger partial charge >= 0.3 is 12.1 Å². The highest BCUT2D eigenvalue weighted by molar-refractivity contribution is 5.90. The molecule has 1 aliphatic heterocycles. The van der Waals surface area contributed by atoms with E-state index in [1.165, 1.54) is 18.2 Å². The molecule has 2 N–H and O–H groups in total. The summed E-state index contributed by atoms with van der Waals surface area (Å²) in [6.07, 6.45) is -4.70. The van der Waals surface area contributed by atoms with Gasteiger partial charge in [-0.25, -0.2) is 4.79 Å². The van der Waals surface area contributed by atoms with E-state index in [9.17, 15) is 18.0 Å². The van der Waals surface area contributed by atoms with Crippen LogP contribution in [0.3, 0.4) is 0 Å². The number of rotatable bonds is 2. The smallest absolute Gasteiger partial charge is 0.416 e. The molecule has 2 aromatic carbocycles. The lowest BCUT2D eigenvalue weighted by molar-refractivity contribution is -0.137. The zero-order valence-electron chi connectivity index (χ0n) is 12.1. The van der Waals surface area contributed by atoms with Gasteiger partial charge in [-0.3, -0.25) is 0 Å². The van der Waals surface area contributed by atoms with Crippen molar-refractivity contribution in [1.29, 1.82) is 0 Å². The minimum absolute atomic E-state index is 0.120. The van der Waals surface area contributed by atoms with E-state index < -0.39 is 17.7 Å². The molecule has 1 atom stereocenters. The lowest BCUT2D eigenvalue weighted by atomic mass is 10.1. The number of fused-ring (bicyclic) bond motifs is 1.